The second-order valence-electron chi connectivity index (χ2n) is 9.40. The highest BCUT2D eigenvalue weighted by Crippen LogP contribution is 2.33. The van der Waals surface area contributed by atoms with Gasteiger partial charge in [-0.3, -0.25) is 14.4 Å². The van der Waals surface area contributed by atoms with Crippen LogP contribution >= 0.6 is 0 Å². The summed E-state index contributed by atoms with van der Waals surface area (Å²) in [5.74, 6) is 0.776. The van der Waals surface area contributed by atoms with E-state index in [1.807, 2.05) is 17.7 Å². The van der Waals surface area contributed by atoms with Crippen molar-refractivity contribution < 1.29 is 19.1 Å². The second kappa shape index (κ2) is 9.13. The monoisotopic (exact) mass is 453 g/mol. The van der Waals surface area contributed by atoms with E-state index in [0.717, 1.165) is 31.5 Å². The molecule has 2 N–H and O–H groups in total. The molecule has 3 amide bonds. The predicted octanol–water partition coefficient (Wildman–Crippen LogP) is 2.52. The van der Waals surface area contributed by atoms with Gasteiger partial charge in [-0.1, -0.05) is 12.8 Å². The van der Waals surface area contributed by atoms with E-state index in [1.165, 1.54) is 12.8 Å². The molecule has 1 aromatic carbocycles. The summed E-state index contributed by atoms with van der Waals surface area (Å²) >= 11 is 0. The standard InChI is InChI=1S/C24H31N5O4/c1-28-22-17(24(32)29-9-8-25-21(31)14-29)12-16(26-20(30)11-15-5-2-3-6-15)13-18(22)27-23(28)19-7-4-10-33-19/h12-13,15,19H,2-11,14H2,1H3,(H,25,31)(H,26,30)/t19-/m0/s1. The van der Waals surface area contributed by atoms with Crippen LogP contribution in [-0.4, -0.2) is 58.4 Å². The van der Waals surface area contributed by atoms with E-state index in [9.17, 15) is 14.4 Å². The Bertz CT molecular complexity index is 1080. The van der Waals surface area contributed by atoms with Crippen molar-refractivity contribution >= 4 is 34.4 Å². The Hall–Kier alpha value is -2.94. The third kappa shape index (κ3) is 4.46. The van der Waals surface area contributed by atoms with Crippen molar-refractivity contribution in [2.75, 3.05) is 31.6 Å². The molecule has 9 heteroatoms. The Kier molecular flexibility index (Phi) is 6.05. The summed E-state index contributed by atoms with van der Waals surface area (Å²) in [4.78, 5) is 44.5. The lowest BCUT2D eigenvalue weighted by molar-refractivity contribution is -0.123. The van der Waals surface area contributed by atoms with Crippen molar-refractivity contribution in [3.63, 3.8) is 0 Å². The van der Waals surface area contributed by atoms with Gasteiger partial charge in [0.25, 0.3) is 5.91 Å². The maximum atomic E-state index is 13.5. The summed E-state index contributed by atoms with van der Waals surface area (Å²) in [5, 5.41) is 5.75. The lowest BCUT2D eigenvalue weighted by Crippen LogP contribution is -2.50. The lowest BCUT2D eigenvalue weighted by Gasteiger charge is -2.27. The molecule has 0 unspecified atom stereocenters. The van der Waals surface area contributed by atoms with E-state index in [1.54, 1.807) is 11.0 Å². The van der Waals surface area contributed by atoms with Crippen molar-refractivity contribution in [1.82, 2.24) is 19.8 Å². The summed E-state index contributed by atoms with van der Waals surface area (Å²) in [6, 6.07) is 3.56. The van der Waals surface area contributed by atoms with Gasteiger partial charge in [-0.15, -0.1) is 0 Å². The molecule has 2 aromatic rings. The first-order valence-corrected chi connectivity index (χ1v) is 12.0. The fraction of sp³-hybridized carbons (Fsp3) is 0.583. The van der Waals surface area contributed by atoms with Gasteiger partial charge in [0.05, 0.1) is 23.1 Å². The smallest absolute Gasteiger partial charge is 0.256 e. The number of carbonyl (C=O) groups excluding carboxylic acids is 3. The maximum absolute atomic E-state index is 13.5. The topological polar surface area (TPSA) is 106 Å². The number of anilines is 1. The highest BCUT2D eigenvalue weighted by molar-refractivity contribution is 6.08. The molecule has 3 aliphatic rings. The highest BCUT2D eigenvalue weighted by atomic mass is 16.5. The third-order valence-corrected chi connectivity index (χ3v) is 7.01. The van der Waals surface area contributed by atoms with Crippen molar-refractivity contribution in [2.45, 2.75) is 51.0 Å². The van der Waals surface area contributed by atoms with E-state index in [2.05, 4.69) is 10.6 Å². The molecule has 5 rings (SSSR count). The molecule has 3 fully saturated rings. The molecule has 176 valence electrons. The average molecular weight is 454 g/mol. The highest BCUT2D eigenvalue weighted by Gasteiger charge is 2.29. The Balaban J connectivity index is 1.50. The van der Waals surface area contributed by atoms with Gasteiger partial charge in [-0.25, -0.2) is 4.98 Å². The molecule has 33 heavy (non-hydrogen) atoms. The van der Waals surface area contributed by atoms with Crippen LogP contribution in [0.4, 0.5) is 5.69 Å². The molecule has 0 radical (unpaired) electrons. The number of rotatable bonds is 5. The Labute approximate surface area is 192 Å². The van der Waals surface area contributed by atoms with Gasteiger partial charge < -0.3 is 24.8 Å². The summed E-state index contributed by atoms with van der Waals surface area (Å²) in [7, 11) is 1.89. The number of benzene rings is 1. The van der Waals surface area contributed by atoms with E-state index in [4.69, 9.17) is 9.72 Å². The van der Waals surface area contributed by atoms with Crippen LogP contribution in [0.15, 0.2) is 12.1 Å². The minimum absolute atomic E-state index is 0.0229. The average Bonchev–Trinajstić information content (AvgIpc) is 3.55. The number of hydrogen-bond acceptors (Lipinski definition) is 5. The first kappa shape index (κ1) is 21.9. The van der Waals surface area contributed by atoms with Crippen LogP contribution in [-0.2, 0) is 21.4 Å². The number of hydrogen-bond donors (Lipinski definition) is 2. The van der Waals surface area contributed by atoms with Gasteiger partial charge in [-0.2, -0.15) is 0 Å². The van der Waals surface area contributed by atoms with Crippen molar-refractivity contribution in [2.24, 2.45) is 13.0 Å². The first-order chi connectivity index (χ1) is 16.0. The number of nitrogens with zero attached hydrogens (tertiary/aromatic N) is 3. The van der Waals surface area contributed by atoms with E-state index in [0.29, 0.717) is 54.3 Å². The van der Waals surface area contributed by atoms with Crippen LogP contribution in [0.5, 0.6) is 0 Å². The number of piperazine rings is 1. The van der Waals surface area contributed by atoms with Crippen LogP contribution in [0.25, 0.3) is 11.0 Å². The summed E-state index contributed by atoms with van der Waals surface area (Å²) in [6.07, 6.45) is 6.82. The molecule has 3 heterocycles. The fourth-order valence-electron chi connectivity index (χ4n) is 5.35. The zero-order chi connectivity index (χ0) is 22.9. The molecule has 0 bridgehead atoms. The Morgan fingerprint density at radius 2 is 2.03 bits per heavy atom. The van der Waals surface area contributed by atoms with Crippen molar-refractivity contribution in [3.05, 3.63) is 23.5 Å². The van der Waals surface area contributed by atoms with Gasteiger partial charge in [0, 0.05) is 38.9 Å². The fourth-order valence-corrected chi connectivity index (χ4v) is 5.35. The Morgan fingerprint density at radius 3 is 2.76 bits per heavy atom. The number of amides is 3. The zero-order valence-corrected chi connectivity index (χ0v) is 19.1. The van der Waals surface area contributed by atoms with Gasteiger partial charge in [-0.05, 0) is 43.7 Å². The number of aromatic nitrogens is 2. The molecular weight excluding hydrogens is 422 g/mol. The molecule has 1 atom stereocenters. The third-order valence-electron chi connectivity index (χ3n) is 7.01. The molecule has 2 saturated heterocycles. The summed E-state index contributed by atoms with van der Waals surface area (Å²) in [5.41, 5.74) is 2.35. The first-order valence-electron chi connectivity index (χ1n) is 12.0. The number of imidazole rings is 1. The van der Waals surface area contributed by atoms with E-state index in [-0.39, 0.29) is 30.4 Å². The SMILES string of the molecule is Cn1c([C@@H]2CCCO2)nc2cc(NC(=O)CC3CCCC3)cc(C(=O)N3CCNC(=O)C3)c21. The second-order valence-corrected chi connectivity index (χ2v) is 9.40. The van der Waals surface area contributed by atoms with Gasteiger partial charge in [0.1, 0.15) is 11.9 Å². The number of carbonyl (C=O) groups is 3. The van der Waals surface area contributed by atoms with Crippen LogP contribution in [0.2, 0.25) is 0 Å². The van der Waals surface area contributed by atoms with Gasteiger partial charge in [0.2, 0.25) is 11.8 Å². The van der Waals surface area contributed by atoms with E-state index >= 15 is 0 Å². The molecular formula is C24H31N5O4. The summed E-state index contributed by atoms with van der Waals surface area (Å²) < 4.78 is 7.77. The number of fused-ring (bicyclic) bond motifs is 1. The maximum Gasteiger partial charge on any atom is 0.256 e. The summed E-state index contributed by atoms with van der Waals surface area (Å²) in [6.45, 7) is 1.60. The molecule has 1 aliphatic carbocycles. The molecule has 0 spiro atoms. The van der Waals surface area contributed by atoms with Gasteiger partial charge in [0.15, 0.2) is 0 Å². The zero-order valence-electron chi connectivity index (χ0n) is 19.1. The van der Waals surface area contributed by atoms with E-state index < -0.39 is 0 Å². The van der Waals surface area contributed by atoms with Gasteiger partial charge >= 0.3 is 0 Å². The van der Waals surface area contributed by atoms with Crippen LogP contribution in [0.1, 0.15) is 67.2 Å². The van der Waals surface area contributed by atoms with Crippen LogP contribution in [0.3, 0.4) is 0 Å². The molecule has 2 aliphatic heterocycles. The Morgan fingerprint density at radius 1 is 1.21 bits per heavy atom. The number of nitrogens with one attached hydrogen (secondary N) is 2. The molecule has 1 aromatic heterocycles. The molecule has 9 nitrogen and oxygen atoms in total. The lowest BCUT2D eigenvalue weighted by atomic mass is 10.0. The van der Waals surface area contributed by atoms with Crippen molar-refractivity contribution in [1.29, 1.82) is 0 Å². The molecule has 1 saturated carbocycles. The number of aryl methyl sites for hydroxylation is 1. The minimum atomic E-state index is -0.233. The predicted molar refractivity (Wildman–Crippen MR) is 123 cm³/mol. The normalized spacial score (nSPS) is 21.5. The van der Waals surface area contributed by atoms with Crippen LogP contribution < -0.4 is 10.6 Å². The largest absolute Gasteiger partial charge is 0.370 e. The number of ether oxygens (including phenoxy) is 1. The van der Waals surface area contributed by atoms with Crippen LogP contribution in [0, 0.1) is 5.92 Å². The quantitative estimate of drug-likeness (QED) is 0.724. The minimum Gasteiger partial charge on any atom is -0.370 e. The van der Waals surface area contributed by atoms with Crippen molar-refractivity contribution in [3.8, 4) is 0 Å².